The molecule has 1 unspecified atom stereocenters. The van der Waals surface area contributed by atoms with Crippen molar-refractivity contribution in [3.05, 3.63) is 84.4 Å². The molecule has 1 atom stereocenters. The maximum atomic E-state index is 11.1. The lowest BCUT2D eigenvalue weighted by atomic mass is 10.2. The fourth-order valence-electron chi connectivity index (χ4n) is 2.23. The Hall–Kier alpha value is -3.16. The maximum Gasteiger partial charge on any atom is 0.510 e. The molecule has 0 radical (unpaired) electrons. The number of H-pyrrole nitrogens is 2. The quantitative estimate of drug-likeness (QED) is 0.277. The van der Waals surface area contributed by atoms with Crippen molar-refractivity contribution in [1.82, 2.24) is 9.97 Å². The van der Waals surface area contributed by atoms with E-state index in [2.05, 4.69) is 9.97 Å². The molecular weight excluding hydrogens is 361 g/mol. The summed E-state index contributed by atoms with van der Waals surface area (Å²) in [5.41, 5.74) is 0.347. The summed E-state index contributed by atoms with van der Waals surface area (Å²) in [4.78, 5) is 45.3. The van der Waals surface area contributed by atoms with E-state index < -0.39 is 24.1 Å². The SMILES string of the molecule is Cc1cc([N+](=O)[O-])cc2[nH]c(=O)c(=O)[nH]c12.O=[P+](O)Cc1ccccc1. The van der Waals surface area contributed by atoms with Crippen LogP contribution < -0.4 is 11.1 Å². The molecule has 2 aromatic carbocycles. The van der Waals surface area contributed by atoms with Crippen molar-refractivity contribution >= 4 is 24.7 Å². The van der Waals surface area contributed by atoms with Gasteiger partial charge in [-0.3, -0.25) is 19.7 Å². The van der Waals surface area contributed by atoms with Crippen molar-refractivity contribution in [1.29, 1.82) is 0 Å². The van der Waals surface area contributed by atoms with Crippen LogP contribution in [0.2, 0.25) is 0 Å². The predicted octanol–water partition coefficient (Wildman–Crippen LogP) is 2.35. The average molecular weight is 376 g/mol. The summed E-state index contributed by atoms with van der Waals surface area (Å²) in [7, 11) is -2.03. The first kappa shape index (κ1) is 19.2. The number of benzene rings is 2. The van der Waals surface area contributed by atoms with Crippen molar-refractivity contribution in [3.63, 3.8) is 0 Å². The number of hydrogen-bond acceptors (Lipinski definition) is 5. The van der Waals surface area contributed by atoms with Crippen molar-refractivity contribution < 1.29 is 14.4 Å². The minimum Gasteiger partial charge on any atom is -0.316 e. The predicted molar refractivity (Wildman–Crippen MR) is 96.6 cm³/mol. The second-order valence-corrected chi connectivity index (χ2v) is 6.37. The first-order chi connectivity index (χ1) is 12.3. The van der Waals surface area contributed by atoms with E-state index in [4.69, 9.17) is 4.89 Å². The smallest absolute Gasteiger partial charge is 0.316 e. The van der Waals surface area contributed by atoms with Crippen LogP contribution in [-0.2, 0) is 10.7 Å². The van der Waals surface area contributed by atoms with Gasteiger partial charge in [-0.05, 0) is 17.1 Å². The lowest BCUT2D eigenvalue weighted by Gasteiger charge is -2.01. The summed E-state index contributed by atoms with van der Waals surface area (Å²) in [6.07, 6.45) is 0.260. The van der Waals surface area contributed by atoms with Crippen molar-refractivity contribution in [2.24, 2.45) is 0 Å². The van der Waals surface area contributed by atoms with Gasteiger partial charge in [0.25, 0.3) is 5.69 Å². The zero-order valence-electron chi connectivity index (χ0n) is 13.6. The van der Waals surface area contributed by atoms with E-state index in [0.29, 0.717) is 11.1 Å². The topological polar surface area (TPSA) is 146 Å². The van der Waals surface area contributed by atoms with Crippen molar-refractivity contribution in [3.8, 4) is 0 Å². The highest BCUT2D eigenvalue weighted by molar-refractivity contribution is 7.37. The third kappa shape index (κ3) is 4.92. The van der Waals surface area contributed by atoms with Crippen LogP contribution in [0.15, 0.2) is 52.1 Å². The number of fused-ring (bicyclic) bond motifs is 1. The highest BCUT2D eigenvalue weighted by Gasteiger charge is 2.11. The lowest BCUT2D eigenvalue weighted by molar-refractivity contribution is -0.384. The second-order valence-electron chi connectivity index (χ2n) is 5.35. The fourth-order valence-corrected chi connectivity index (χ4v) is 2.75. The first-order valence-corrected chi connectivity index (χ1v) is 8.76. The molecule has 134 valence electrons. The number of nitrogens with zero attached hydrogens (tertiary/aromatic N) is 1. The zero-order valence-corrected chi connectivity index (χ0v) is 14.5. The van der Waals surface area contributed by atoms with Gasteiger partial charge in [0.1, 0.15) is 0 Å². The van der Waals surface area contributed by atoms with Gasteiger partial charge in [-0.2, -0.15) is 4.89 Å². The van der Waals surface area contributed by atoms with Gasteiger partial charge in [0.2, 0.25) is 6.16 Å². The van der Waals surface area contributed by atoms with E-state index in [9.17, 15) is 24.3 Å². The standard InChI is InChI=1S/C9H7N3O4.C7H7O2P/c1-4-2-5(12(15)16)3-6-7(4)11-9(14)8(13)10-6;8-10(9)6-7-4-2-1-3-5-7/h2-3H,1H3,(H,10,13)(H,11,14);1-5H,6H2/p+1. The molecule has 1 heterocycles. The van der Waals surface area contributed by atoms with E-state index in [1.807, 2.05) is 30.3 Å². The van der Waals surface area contributed by atoms with E-state index in [1.54, 1.807) is 6.92 Å². The van der Waals surface area contributed by atoms with Crippen LogP contribution in [-0.4, -0.2) is 19.8 Å². The molecule has 9 nitrogen and oxygen atoms in total. The number of aromatic nitrogens is 2. The Bertz CT molecular complexity index is 1070. The lowest BCUT2D eigenvalue weighted by Crippen LogP contribution is -2.29. The van der Waals surface area contributed by atoms with Gasteiger partial charge in [0.15, 0.2) is 0 Å². The monoisotopic (exact) mass is 376 g/mol. The third-order valence-corrected chi connectivity index (χ3v) is 4.02. The van der Waals surface area contributed by atoms with Gasteiger partial charge in [0, 0.05) is 17.7 Å². The normalized spacial score (nSPS) is 10.8. The third-order valence-electron chi connectivity index (χ3n) is 3.38. The Morgan fingerprint density at radius 3 is 2.31 bits per heavy atom. The van der Waals surface area contributed by atoms with Crippen LogP contribution in [0.3, 0.4) is 0 Å². The molecule has 0 amide bonds. The maximum absolute atomic E-state index is 11.1. The van der Waals surface area contributed by atoms with Crippen LogP contribution in [0.1, 0.15) is 11.1 Å². The van der Waals surface area contributed by atoms with E-state index in [1.165, 1.54) is 12.1 Å². The van der Waals surface area contributed by atoms with Crippen LogP contribution in [0.4, 0.5) is 5.69 Å². The molecule has 0 saturated heterocycles. The number of nitro groups is 1. The zero-order chi connectivity index (χ0) is 19.3. The number of hydrogen-bond donors (Lipinski definition) is 3. The molecule has 26 heavy (non-hydrogen) atoms. The number of rotatable bonds is 3. The summed E-state index contributed by atoms with van der Waals surface area (Å²) in [5, 5.41) is 10.6. The number of aryl methyl sites for hydroxylation is 1. The highest BCUT2D eigenvalue weighted by atomic mass is 31.1. The first-order valence-electron chi connectivity index (χ1n) is 7.36. The number of non-ortho nitro benzene ring substituents is 1. The molecule has 0 fully saturated rings. The molecule has 0 aliphatic carbocycles. The Balaban J connectivity index is 0.000000209. The van der Waals surface area contributed by atoms with Crippen LogP contribution in [0.5, 0.6) is 0 Å². The van der Waals surface area contributed by atoms with E-state index >= 15 is 0 Å². The van der Waals surface area contributed by atoms with Crippen LogP contribution >= 0.6 is 8.03 Å². The molecule has 0 spiro atoms. The van der Waals surface area contributed by atoms with Gasteiger partial charge in [-0.15, -0.1) is 0 Å². The Morgan fingerprint density at radius 2 is 1.73 bits per heavy atom. The molecule has 0 saturated carbocycles. The van der Waals surface area contributed by atoms with Crippen molar-refractivity contribution in [2.75, 3.05) is 0 Å². The number of nitro benzene ring substituents is 1. The number of nitrogens with one attached hydrogen (secondary N) is 2. The van der Waals surface area contributed by atoms with E-state index in [-0.39, 0.29) is 17.4 Å². The molecule has 0 aliphatic heterocycles. The van der Waals surface area contributed by atoms with Crippen LogP contribution in [0.25, 0.3) is 11.0 Å². The molecule has 0 bridgehead atoms. The number of aromatic amines is 2. The molecule has 10 heteroatoms. The molecule has 3 rings (SSSR count). The largest absolute Gasteiger partial charge is 0.510 e. The molecule has 0 aliphatic rings. The summed E-state index contributed by atoms with van der Waals surface area (Å²) < 4.78 is 10.3. The summed E-state index contributed by atoms with van der Waals surface area (Å²) >= 11 is 0. The minimum atomic E-state index is -2.03. The molecule has 1 aromatic heterocycles. The van der Waals surface area contributed by atoms with Gasteiger partial charge in [-0.1, -0.05) is 30.3 Å². The minimum absolute atomic E-state index is 0.132. The average Bonchev–Trinajstić information content (AvgIpc) is 2.57. The van der Waals surface area contributed by atoms with Gasteiger partial charge >= 0.3 is 19.1 Å². The Kier molecular flexibility index (Phi) is 6.11. The Labute approximate surface area is 147 Å². The van der Waals surface area contributed by atoms with Gasteiger partial charge in [-0.25, -0.2) is 0 Å². The summed E-state index contributed by atoms with van der Waals surface area (Å²) in [5.74, 6) is 0. The molecular formula is C16H15N3O6P+. The van der Waals surface area contributed by atoms with Crippen LogP contribution in [0, 0.1) is 17.0 Å². The fraction of sp³-hybridized carbons (Fsp3) is 0.125. The molecule has 3 N–H and O–H groups in total. The highest BCUT2D eigenvalue weighted by Crippen LogP contribution is 2.20. The molecule has 3 aromatic rings. The van der Waals surface area contributed by atoms with E-state index in [0.717, 1.165) is 5.56 Å². The second kappa shape index (κ2) is 8.28. The Morgan fingerprint density at radius 1 is 1.12 bits per heavy atom. The summed E-state index contributed by atoms with van der Waals surface area (Å²) in [6.45, 7) is 1.61. The van der Waals surface area contributed by atoms with Gasteiger partial charge in [0.05, 0.1) is 16.0 Å². The summed E-state index contributed by atoms with van der Waals surface area (Å²) in [6, 6.07) is 11.8. The van der Waals surface area contributed by atoms with Crippen molar-refractivity contribution in [2.45, 2.75) is 13.1 Å². The van der Waals surface area contributed by atoms with Gasteiger partial charge < -0.3 is 9.97 Å².